The Morgan fingerprint density at radius 2 is 1.09 bits per heavy atom. The van der Waals surface area contributed by atoms with Crippen molar-refractivity contribution in [2.45, 2.75) is 12.8 Å². The molecule has 0 saturated heterocycles. The zero-order valence-electron chi connectivity index (χ0n) is 6.53. The average Bonchev–Trinajstić information content (AvgIpc) is 1.61. The minimum Gasteiger partial charge on any atom is -2.00 e. The fraction of sp³-hybridized carbons (Fsp3) is 0.500. The van der Waals surface area contributed by atoms with Gasteiger partial charge in [-0.2, -0.15) is 0 Å². The van der Waals surface area contributed by atoms with Crippen molar-refractivity contribution in [2.24, 2.45) is 0 Å². The Kier molecular flexibility index (Phi) is 28.7. The molecule has 0 aliphatic rings. The molecule has 0 saturated carbocycles. The molecule has 0 aromatic rings. The molecule has 4 nitrogen and oxygen atoms in total. The van der Waals surface area contributed by atoms with Crippen molar-refractivity contribution in [3.8, 4) is 0 Å². The number of aliphatic carboxylic acids is 2. The van der Waals surface area contributed by atoms with E-state index in [-0.39, 0.29) is 85.5 Å². The molecule has 0 atom stereocenters. The molecular formula is C4H6Na2O4S. The molecule has 0 spiro atoms. The SMILES string of the molecule is O=C(O)CCC(=O)O.[Na+].[Na+].[S-2]. The zero-order chi connectivity index (χ0) is 6.57. The van der Waals surface area contributed by atoms with Crippen molar-refractivity contribution < 1.29 is 78.9 Å². The van der Waals surface area contributed by atoms with Crippen molar-refractivity contribution >= 4 is 25.4 Å². The van der Waals surface area contributed by atoms with Gasteiger partial charge in [0.1, 0.15) is 0 Å². The smallest absolute Gasteiger partial charge is 1.00 e. The van der Waals surface area contributed by atoms with Crippen LogP contribution in [0.4, 0.5) is 0 Å². The van der Waals surface area contributed by atoms with Gasteiger partial charge in [0.25, 0.3) is 0 Å². The molecule has 0 aliphatic carbocycles. The van der Waals surface area contributed by atoms with E-state index in [9.17, 15) is 9.59 Å². The van der Waals surface area contributed by atoms with Crippen LogP contribution in [-0.4, -0.2) is 22.2 Å². The molecule has 2 N–H and O–H groups in total. The Balaban J connectivity index is -0.0000000817. The molecule has 11 heavy (non-hydrogen) atoms. The minimum atomic E-state index is -1.08. The summed E-state index contributed by atoms with van der Waals surface area (Å²) in [5.74, 6) is -2.15. The van der Waals surface area contributed by atoms with Crippen molar-refractivity contribution in [3.05, 3.63) is 0 Å². The van der Waals surface area contributed by atoms with Crippen LogP contribution in [0.3, 0.4) is 0 Å². The second kappa shape index (κ2) is 13.9. The van der Waals surface area contributed by atoms with Gasteiger partial charge < -0.3 is 23.7 Å². The number of hydrogen-bond acceptors (Lipinski definition) is 2. The van der Waals surface area contributed by atoms with Crippen LogP contribution in [0.5, 0.6) is 0 Å². The Morgan fingerprint density at radius 3 is 1.18 bits per heavy atom. The molecule has 0 aromatic carbocycles. The molecular weight excluding hydrogens is 190 g/mol. The van der Waals surface area contributed by atoms with Crippen LogP contribution in [0.25, 0.3) is 0 Å². The summed E-state index contributed by atoms with van der Waals surface area (Å²) >= 11 is 0. The van der Waals surface area contributed by atoms with E-state index in [2.05, 4.69) is 0 Å². The maximum absolute atomic E-state index is 9.64. The largest absolute Gasteiger partial charge is 2.00 e. The van der Waals surface area contributed by atoms with Gasteiger partial charge in [0.2, 0.25) is 0 Å². The number of carboxylic acid groups (broad SMARTS) is 2. The van der Waals surface area contributed by atoms with Gasteiger partial charge in [0.05, 0.1) is 12.8 Å². The minimum absolute atomic E-state index is 0. The first-order valence-corrected chi connectivity index (χ1v) is 2.06. The number of rotatable bonds is 3. The van der Waals surface area contributed by atoms with E-state index in [1.807, 2.05) is 0 Å². The normalized spacial score (nSPS) is 6.18. The average molecular weight is 196 g/mol. The van der Waals surface area contributed by atoms with Crippen LogP contribution in [-0.2, 0) is 23.1 Å². The topological polar surface area (TPSA) is 74.6 Å². The zero-order valence-corrected chi connectivity index (χ0v) is 11.3. The first kappa shape index (κ1) is 22.8. The van der Waals surface area contributed by atoms with Gasteiger partial charge in [0, 0.05) is 0 Å². The van der Waals surface area contributed by atoms with Gasteiger partial charge >= 0.3 is 71.1 Å². The van der Waals surface area contributed by atoms with Gasteiger partial charge in [-0.15, -0.1) is 0 Å². The quantitative estimate of drug-likeness (QED) is 0.441. The van der Waals surface area contributed by atoms with Crippen molar-refractivity contribution in [3.63, 3.8) is 0 Å². The third kappa shape index (κ3) is 24.6. The van der Waals surface area contributed by atoms with E-state index >= 15 is 0 Å². The number of carbonyl (C=O) groups is 2. The summed E-state index contributed by atoms with van der Waals surface area (Å²) in [6, 6.07) is 0. The Labute approximate surface area is 116 Å². The van der Waals surface area contributed by atoms with Crippen molar-refractivity contribution in [1.29, 1.82) is 0 Å². The standard InChI is InChI=1S/C4H6O4.2Na.S/c5-3(6)1-2-4(7)8;;;/h1-2H2,(H,5,6)(H,7,8);;;/q;2*+1;-2. The summed E-state index contributed by atoms with van der Waals surface area (Å²) in [6.07, 6.45) is -0.593. The molecule has 54 valence electrons. The summed E-state index contributed by atoms with van der Waals surface area (Å²) in [5, 5.41) is 15.8. The molecule has 0 amide bonds. The second-order valence-corrected chi connectivity index (χ2v) is 1.29. The van der Waals surface area contributed by atoms with Gasteiger partial charge in [-0.05, 0) is 0 Å². The third-order valence-electron chi connectivity index (χ3n) is 0.553. The monoisotopic (exact) mass is 196 g/mol. The van der Waals surface area contributed by atoms with E-state index in [0.29, 0.717) is 0 Å². The van der Waals surface area contributed by atoms with E-state index in [4.69, 9.17) is 10.2 Å². The van der Waals surface area contributed by atoms with Gasteiger partial charge in [-0.25, -0.2) is 0 Å². The van der Waals surface area contributed by atoms with Gasteiger partial charge in [0.15, 0.2) is 0 Å². The van der Waals surface area contributed by atoms with Crippen LogP contribution in [0.15, 0.2) is 0 Å². The summed E-state index contributed by atoms with van der Waals surface area (Å²) in [5.41, 5.74) is 0. The Hall–Kier alpha value is 1.29. The fourth-order valence-electron chi connectivity index (χ4n) is 0.214. The van der Waals surface area contributed by atoms with E-state index in [1.54, 1.807) is 0 Å². The van der Waals surface area contributed by atoms with Crippen LogP contribution < -0.4 is 59.1 Å². The summed E-state index contributed by atoms with van der Waals surface area (Å²) in [7, 11) is 0. The first-order valence-electron chi connectivity index (χ1n) is 2.06. The summed E-state index contributed by atoms with van der Waals surface area (Å²) in [6.45, 7) is 0. The Bertz CT molecular complexity index is 105. The molecule has 0 heterocycles. The predicted octanol–water partition coefficient (Wildman–Crippen LogP) is -6.06. The number of carboxylic acids is 2. The second-order valence-electron chi connectivity index (χ2n) is 1.29. The van der Waals surface area contributed by atoms with Crippen LogP contribution >= 0.6 is 0 Å². The molecule has 0 unspecified atom stereocenters. The summed E-state index contributed by atoms with van der Waals surface area (Å²) in [4.78, 5) is 19.3. The maximum atomic E-state index is 9.64. The first-order chi connectivity index (χ1) is 3.63. The third-order valence-corrected chi connectivity index (χ3v) is 0.553. The molecule has 0 aliphatic heterocycles. The van der Waals surface area contributed by atoms with E-state index in [1.165, 1.54) is 0 Å². The van der Waals surface area contributed by atoms with Crippen LogP contribution in [0.2, 0.25) is 0 Å². The molecule has 0 rings (SSSR count). The van der Waals surface area contributed by atoms with Crippen LogP contribution in [0, 0.1) is 0 Å². The van der Waals surface area contributed by atoms with Gasteiger partial charge in [-0.3, -0.25) is 9.59 Å². The van der Waals surface area contributed by atoms with Crippen LogP contribution in [0.1, 0.15) is 12.8 Å². The molecule has 0 radical (unpaired) electrons. The summed E-state index contributed by atoms with van der Waals surface area (Å²) < 4.78 is 0. The molecule has 0 bridgehead atoms. The Morgan fingerprint density at radius 1 is 0.909 bits per heavy atom. The molecule has 7 heteroatoms. The van der Waals surface area contributed by atoms with E-state index in [0.717, 1.165) is 0 Å². The number of hydrogen-bond donors (Lipinski definition) is 2. The predicted molar refractivity (Wildman–Crippen MR) is 31.9 cm³/mol. The molecule has 0 aromatic heterocycles. The maximum Gasteiger partial charge on any atom is 1.00 e. The molecule has 0 fully saturated rings. The van der Waals surface area contributed by atoms with Crippen molar-refractivity contribution in [1.82, 2.24) is 0 Å². The van der Waals surface area contributed by atoms with Crippen molar-refractivity contribution in [2.75, 3.05) is 0 Å². The van der Waals surface area contributed by atoms with E-state index < -0.39 is 11.9 Å². The fourth-order valence-corrected chi connectivity index (χ4v) is 0.214. The van der Waals surface area contributed by atoms with Gasteiger partial charge in [-0.1, -0.05) is 0 Å².